The average molecular weight is 404 g/mol. The smallest absolute Gasteiger partial charge is 0.229 e. The molecule has 2 heterocycles. The Kier molecular flexibility index (Phi) is 6.40. The van der Waals surface area contributed by atoms with Crippen LogP contribution in [-0.4, -0.2) is 26.2 Å². The molecular formula is C21H30ClN5O. The molecule has 6 nitrogen and oxygen atoms in total. The number of hydrogen-bond acceptors (Lipinski definition) is 4. The monoisotopic (exact) mass is 403 g/mol. The number of hydrogen-bond donors (Lipinski definition) is 2. The normalized spacial score (nSPS) is 24.6. The van der Waals surface area contributed by atoms with Crippen LogP contribution in [0.25, 0.3) is 11.4 Å². The third kappa shape index (κ3) is 4.23. The van der Waals surface area contributed by atoms with Gasteiger partial charge in [0.1, 0.15) is 5.82 Å². The van der Waals surface area contributed by atoms with Gasteiger partial charge < -0.3 is 15.6 Å². The molecule has 1 aromatic heterocycles. The van der Waals surface area contributed by atoms with Crippen LogP contribution in [0.5, 0.6) is 0 Å². The summed E-state index contributed by atoms with van der Waals surface area (Å²) in [5.74, 6) is 1.91. The van der Waals surface area contributed by atoms with Crippen molar-refractivity contribution in [1.29, 1.82) is 0 Å². The predicted octanol–water partition coefficient (Wildman–Crippen LogP) is 3.94. The zero-order valence-electron chi connectivity index (χ0n) is 16.5. The average Bonchev–Trinajstić information content (AvgIpc) is 2.90. The largest absolute Gasteiger partial charge is 0.326 e. The number of aromatic nitrogens is 3. The van der Waals surface area contributed by atoms with Gasteiger partial charge in [-0.3, -0.25) is 4.79 Å². The molecule has 1 fully saturated rings. The molecule has 152 valence electrons. The van der Waals surface area contributed by atoms with Crippen LogP contribution in [0.15, 0.2) is 24.3 Å². The minimum absolute atomic E-state index is 0. The van der Waals surface area contributed by atoms with Crippen molar-refractivity contribution in [2.75, 3.05) is 5.32 Å². The Labute approximate surface area is 172 Å². The molecule has 1 aliphatic carbocycles. The number of amides is 1. The Morgan fingerprint density at radius 2 is 1.93 bits per heavy atom. The summed E-state index contributed by atoms with van der Waals surface area (Å²) in [7, 11) is 0. The number of nitrogens with two attached hydrogens (primary N) is 1. The Morgan fingerprint density at radius 1 is 1.14 bits per heavy atom. The molecule has 3 N–H and O–H groups in total. The highest BCUT2D eigenvalue weighted by Gasteiger charge is 2.37. The van der Waals surface area contributed by atoms with Gasteiger partial charge in [-0.05, 0) is 56.9 Å². The van der Waals surface area contributed by atoms with Crippen molar-refractivity contribution in [1.82, 2.24) is 14.8 Å². The van der Waals surface area contributed by atoms with Crippen LogP contribution in [0, 0.1) is 5.92 Å². The van der Waals surface area contributed by atoms with Crippen LogP contribution >= 0.6 is 12.4 Å². The molecule has 1 aliphatic heterocycles. The Balaban J connectivity index is 0.00000225. The molecule has 2 aromatic rings. The van der Waals surface area contributed by atoms with Crippen molar-refractivity contribution < 1.29 is 4.79 Å². The maximum absolute atomic E-state index is 12.7. The molecule has 1 aromatic carbocycles. The Bertz CT molecular complexity index is 815. The van der Waals surface area contributed by atoms with E-state index in [1.807, 2.05) is 31.2 Å². The molecule has 4 rings (SSSR count). The summed E-state index contributed by atoms with van der Waals surface area (Å²) in [6.07, 6.45) is 8.55. The van der Waals surface area contributed by atoms with Crippen LogP contribution < -0.4 is 11.1 Å². The second-order valence-corrected chi connectivity index (χ2v) is 8.27. The fourth-order valence-corrected chi connectivity index (χ4v) is 4.42. The first-order valence-corrected chi connectivity index (χ1v) is 10.2. The second kappa shape index (κ2) is 8.62. The molecule has 0 bridgehead atoms. The van der Waals surface area contributed by atoms with Crippen molar-refractivity contribution >= 4 is 24.0 Å². The lowest BCUT2D eigenvalue weighted by Crippen LogP contribution is -2.51. The van der Waals surface area contributed by atoms with Gasteiger partial charge in [0, 0.05) is 29.8 Å². The number of nitrogens with zero attached hydrogens (tertiary/aromatic N) is 3. The van der Waals surface area contributed by atoms with Crippen molar-refractivity contribution in [3.63, 3.8) is 0 Å². The highest BCUT2D eigenvalue weighted by Crippen LogP contribution is 2.32. The summed E-state index contributed by atoms with van der Waals surface area (Å²) in [5, 5.41) is 11.8. The van der Waals surface area contributed by atoms with Crippen LogP contribution in [0.4, 0.5) is 5.69 Å². The molecule has 2 atom stereocenters. The quantitative estimate of drug-likeness (QED) is 0.812. The number of carbonyl (C=O) groups excluding carboxylic acids is 1. The number of anilines is 1. The van der Waals surface area contributed by atoms with E-state index in [-0.39, 0.29) is 24.2 Å². The Hall–Kier alpha value is -1.92. The SMILES string of the molecule is CC1(N)CCCCC1C(=O)Nc1ccc(-c2nnc3n2CCCCC3)cc1.Cl. The van der Waals surface area contributed by atoms with E-state index in [0.29, 0.717) is 0 Å². The van der Waals surface area contributed by atoms with Crippen LogP contribution in [0.1, 0.15) is 57.7 Å². The molecule has 1 amide bonds. The highest BCUT2D eigenvalue weighted by molar-refractivity contribution is 5.93. The second-order valence-electron chi connectivity index (χ2n) is 8.27. The van der Waals surface area contributed by atoms with E-state index in [4.69, 9.17) is 5.73 Å². The molecule has 28 heavy (non-hydrogen) atoms. The van der Waals surface area contributed by atoms with Crippen LogP contribution in [0.2, 0.25) is 0 Å². The third-order valence-corrected chi connectivity index (χ3v) is 6.09. The summed E-state index contributed by atoms with van der Waals surface area (Å²) in [5.41, 5.74) is 7.79. The van der Waals surface area contributed by atoms with Crippen molar-refractivity contribution in [3.8, 4) is 11.4 Å². The maximum Gasteiger partial charge on any atom is 0.229 e. The van der Waals surface area contributed by atoms with E-state index in [1.54, 1.807) is 0 Å². The molecule has 0 radical (unpaired) electrons. The molecule has 0 spiro atoms. The van der Waals surface area contributed by atoms with E-state index < -0.39 is 5.54 Å². The van der Waals surface area contributed by atoms with Gasteiger partial charge in [0.05, 0.1) is 5.92 Å². The minimum atomic E-state index is -0.415. The number of carbonyl (C=O) groups is 1. The van der Waals surface area contributed by atoms with Crippen molar-refractivity contribution in [2.45, 2.75) is 70.4 Å². The summed E-state index contributed by atoms with van der Waals surface area (Å²) >= 11 is 0. The first kappa shape index (κ1) is 20.8. The standard InChI is InChI=1S/C21H29N5O.ClH/c1-21(22)13-5-4-7-17(21)20(27)23-16-11-9-15(10-12-16)19-25-24-18-8-3-2-6-14-26(18)19;/h9-12,17H,2-8,13-14,22H2,1H3,(H,23,27);1H. The lowest BCUT2D eigenvalue weighted by molar-refractivity contribution is -0.122. The maximum atomic E-state index is 12.7. The molecule has 1 saturated carbocycles. The summed E-state index contributed by atoms with van der Waals surface area (Å²) < 4.78 is 2.24. The summed E-state index contributed by atoms with van der Waals surface area (Å²) in [4.78, 5) is 12.7. The number of rotatable bonds is 3. The minimum Gasteiger partial charge on any atom is -0.326 e. The van der Waals surface area contributed by atoms with Crippen molar-refractivity contribution in [3.05, 3.63) is 30.1 Å². The first-order chi connectivity index (χ1) is 13.0. The van der Waals surface area contributed by atoms with E-state index >= 15 is 0 Å². The lowest BCUT2D eigenvalue weighted by Gasteiger charge is -2.37. The van der Waals surface area contributed by atoms with Gasteiger partial charge in [0.15, 0.2) is 5.82 Å². The number of fused-ring (bicyclic) bond motifs is 1. The molecular weight excluding hydrogens is 374 g/mol. The Morgan fingerprint density at radius 3 is 2.68 bits per heavy atom. The summed E-state index contributed by atoms with van der Waals surface area (Å²) in [6.45, 7) is 2.98. The van der Waals surface area contributed by atoms with E-state index in [0.717, 1.165) is 61.5 Å². The fourth-order valence-electron chi connectivity index (χ4n) is 4.42. The van der Waals surface area contributed by atoms with Gasteiger partial charge >= 0.3 is 0 Å². The van der Waals surface area contributed by atoms with Gasteiger partial charge in [-0.1, -0.05) is 19.3 Å². The van der Waals surface area contributed by atoms with Gasteiger partial charge in [0.25, 0.3) is 0 Å². The van der Waals surface area contributed by atoms with Gasteiger partial charge in [0.2, 0.25) is 5.91 Å². The number of halogens is 1. The fraction of sp³-hybridized carbons (Fsp3) is 0.571. The number of nitrogens with one attached hydrogen (secondary N) is 1. The zero-order valence-corrected chi connectivity index (χ0v) is 17.3. The molecule has 2 aliphatic rings. The van der Waals surface area contributed by atoms with Gasteiger partial charge in [-0.25, -0.2) is 0 Å². The number of benzene rings is 1. The highest BCUT2D eigenvalue weighted by atomic mass is 35.5. The summed E-state index contributed by atoms with van der Waals surface area (Å²) in [6, 6.07) is 7.92. The van der Waals surface area contributed by atoms with Crippen molar-refractivity contribution in [2.24, 2.45) is 11.7 Å². The van der Waals surface area contributed by atoms with E-state index in [9.17, 15) is 4.79 Å². The van der Waals surface area contributed by atoms with Crippen LogP contribution in [-0.2, 0) is 17.8 Å². The molecule has 7 heteroatoms. The molecule has 2 unspecified atom stereocenters. The van der Waals surface area contributed by atoms with Gasteiger partial charge in [-0.2, -0.15) is 0 Å². The zero-order chi connectivity index (χ0) is 18.9. The van der Waals surface area contributed by atoms with E-state index in [1.165, 1.54) is 19.3 Å². The topological polar surface area (TPSA) is 85.8 Å². The number of aryl methyl sites for hydroxylation is 1. The lowest BCUT2D eigenvalue weighted by atomic mass is 9.74. The van der Waals surface area contributed by atoms with E-state index in [2.05, 4.69) is 20.1 Å². The third-order valence-electron chi connectivity index (χ3n) is 6.09. The predicted molar refractivity (Wildman–Crippen MR) is 113 cm³/mol. The van der Waals surface area contributed by atoms with Crippen LogP contribution in [0.3, 0.4) is 0 Å². The first-order valence-electron chi connectivity index (χ1n) is 10.2. The molecule has 0 saturated heterocycles. The van der Waals surface area contributed by atoms with Gasteiger partial charge in [-0.15, -0.1) is 22.6 Å².